The van der Waals surface area contributed by atoms with Gasteiger partial charge in [0.1, 0.15) is 11.0 Å². The molecule has 0 radical (unpaired) electrons. The number of hydrogen-bond acceptors (Lipinski definition) is 6. The van der Waals surface area contributed by atoms with E-state index in [-0.39, 0.29) is 0 Å². The van der Waals surface area contributed by atoms with Crippen LogP contribution in [0.25, 0.3) is 104 Å². The molecule has 0 unspecified atom stereocenters. The van der Waals surface area contributed by atoms with Crippen molar-refractivity contribution >= 4 is 70.0 Å². The fourth-order valence-corrected chi connectivity index (χ4v) is 8.46. The zero-order valence-electron chi connectivity index (χ0n) is 27.6. The summed E-state index contributed by atoms with van der Waals surface area (Å²) in [6.45, 7) is 0. The van der Waals surface area contributed by atoms with Crippen LogP contribution in [0.15, 0.2) is 158 Å². The lowest BCUT2D eigenvalue weighted by atomic mass is 10.0. The fraction of sp³-hybridized carbons (Fsp3) is 0. The van der Waals surface area contributed by atoms with Crippen LogP contribution in [-0.4, -0.2) is 29.3 Å². The standard InChI is InChI=1S/C45H26N6S/c1-3-15-31-27(11-1)13-9-18-33(31)43-48-42(49-44(50-43)34-19-10-14-28-12-2-4-16-32(28)34)30-25-23-29(24-26-30)39-41-40(35-17-5-6-20-36(35)46-39)47-45-51(41)37-21-7-8-22-38(37)52-45/h1-26H. The Kier molecular flexibility index (Phi) is 6.32. The van der Waals surface area contributed by atoms with Gasteiger partial charge in [0, 0.05) is 27.6 Å². The van der Waals surface area contributed by atoms with Crippen LogP contribution in [0.3, 0.4) is 0 Å². The molecule has 0 saturated heterocycles. The quantitative estimate of drug-likeness (QED) is 0.185. The monoisotopic (exact) mass is 682 g/mol. The van der Waals surface area contributed by atoms with Gasteiger partial charge < -0.3 is 0 Å². The summed E-state index contributed by atoms with van der Waals surface area (Å²) in [5.74, 6) is 1.88. The Bertz CT molecular complexity index is 3080. The third kappa shape index (κ3) is 4.46. The van der Waals surface area contributed by atoms with Crippen molar-refractivity contribution < 1.29 is 0 Å². The van der Waals surface area contributed by atoms with Crippen LogP contribution in [0.2, 0.25) is 0 Å². The van der Waals surface area contributed by atoms with Gasteiger partial charge in [0.05, 0.1) is 21.4 Å². The molecule has 0 amide bonds. The van der Waals surface area contributed by atoms with Crippen LogP contribution in [-0.2, 0) is 0 Å². The summed E-state index contributed by atoms with van der Waals surface area (Å²) in [6, 6.07) is 54.4. The number of fused-ring (bicyclic) bond motifs is 9. The molecule has 0 aliphatic rings. The van der Waals surface area contributed by atoms with Crippen molar-refractivity contribution in [2.75, 3.05) is 0 Å². The number of rotatable bonds is 4. The van der Waals surface area contributed by atoms with Crippen molar-refractivity contribution in [3.05, 3.63) is 158 Å². The second-order valence-corrected chi connectivity index (χ2v) is 13.9. The summed E-state index contributed by atoms with van der Waals surface area (Å²) in [4.78, 5) is 26.8. The largest absolute Gasteiger partial charge is 0.281 e. The summed E-state index contributed by atoms with van der Waals surface area (Å²) >= 11 is 1.70. The molecular formula is C45H26N6S. The van der Waals surface area contributed by atoms with Crippen LogP contribution in [0.5, 0.6) is 0 Å². The van der Waals surface area contributed by atoms with E-state index in [0.29, 0.717) is 17.5 Å². The van der Waals surface area contributed by atoms with Gasteiger partial charge in [-0.1, -0.05) is 151 Å². The Morgan fingerprint density at radius 3 is 1.69 bits per heavy atom. The molecule has 6 nitrogen and oxygen atoms in total. The highest BCUT2D eigenvalue weighted by Crippen LogP contribution is 2.38. The minimum atomic E-state index is 0.611. The van der Waals surface area contributed by atoms with Crippen LogP contribution < -0.4 is 0 Å². The molecule has 4 aromatic heterocycles. The van der Waals surface area contributed by atoms with Gasteiger partial charge >= 0.3 is 0 Å². The van der Waals surface area contributed by atoms with Crippen molar-refractivity contribution in [1.82, 2.24) is 29.3 Å². The van der Waals surface area contributed by atoms with Crippen molar-refractivity contribution in [3.63, 3.8) is 0 Å². The third-order valence-corrected chi connectivity index (χ3v) is 10.9. The second-order valence-electron chi connectivity index (χ2n) is 12.9. The molecule has 4 heterocycles. The number of hydrogen-bond donors (Lipinski definition) is 0. The van der Waals surface area contributed by atoms with Gasteiger partial charge in [0.2, 0.25) is 0 Å². The van der Waals surface area contributed by atoms with E-state index in [0.717, 1.165) is 81.9 Å². The highest BCUT2D eigenvalue weighted by Gasteiger charge is 2.20. The van der Waals surface area contributed by atoms with E-state index < -0.39 is 0 Å². The lowest BCUT2D eigenvalue weighted by Gasteiger charge is -2.12. The van der Waals surface area contributed by atoms with E-state index in [9.17, 15) is 0 Å². The smallest absolute Gasteiger partial charge is 0.195 e. The number of aromatic nitrogens is 6. The van der Waals surface area contributed by atoms with Gasteiger partial charge in [-0.05, 0) is 39.7 Å². The van der Waals surface area contributed by atoms with Crippen LogP contribution in [0, 0.1) is 0 Å². The molecule has 11 aromatic rings. The van der Waals surface area contributed by atoms with E-state index in [1.807, 2.05) is 6.07 Å². The average Bonchev–Trinajstić information content (AvgIpc) is 3.77. The number of nitrogens with zero attached hydrogens (tertiary/aromatic N) is 6. The first-order valence-corrected chi connectivity index (χ1v) is 18.0. The van der Waals surface area contributed by atoms with Crippen molar-refractivity contribution in [1.29, 1.82) is 0 Å². The lowest BCUT2D eigenvalue weighted by molar-refractivity contribution is 1.08. The topological polar surface area (TPSA) is 68.9 Å². The molecule has 7 heteroatoms. The maximum atomic E-state index is 5.25. The number of thiazole rings is 1. The van der Waals surface area contributed by atoms with Crippen LogP contribution >= 0.6 is 11.3 Å². The highest BCUT2D eigenvalue weighted by molar-refractivity contribution is 7.23. The molecule has 0 saturated carbocycles. The molecule has 0 aliphatic heterocycles. The van der Waals surface area contributed by atoms with Crippen LogP contribution in [0.4, 0.5) is 0 Å². The molecule has 242 valence electrons. The summed E-state index contributed by atoms with van der Waals surface area (Å²) in [6.07, 6.45) is 0. The van der Waals surface area contributed by atoms with Gasteiger partial charge in [0.25, 0.3) is 0 Å². The van der Waals surface area contributed by atoms with Gasteiger partial charge in [-0.15, -0.1) is 0 Å². The molecule has 0 N–H and O–H groups in total. The molecular weight excluding hydrogens is 657 g/mol. The summed E-state index contributed by atoms with van der Waals surface area (Å²) in [5.41, 5.74) is 8.73. The SMILES string of the molecule is c1ccc2c(-c3nc(-c4ccc(-c5nc6ccccc6c6nc7sc8ccccc8n7c56)cc4)nc(-c4cccc5ccccc45)n3)cccc2c1. The summed E-state index contributed by atoms with van der Waals surface area (Å²) in [5, 5.41) is 5.52. The molecule has 0 fully saturated rings. The molecule has 0 spiro atoms. The van der Waals surface area contributed by atoms with E-state index in [2.05, 4.69) is 156 Å². The average molecular weight is 683 g/mol. The second kappa shape index (κ2) is 11.3. The third-order valence-electron chi connectivity index (χ3n) is 9.88. The Morgan fingerprint density at radius 2 is 0.981 bits per heavy atom. The number of para-hydroxylation sites is 2. The fourth-order valence-electron chi connectivity index (χ4n) is 7.43. The molecule has 52 heavy (non-hydrogen) atoms. The Hall–Kier alpha value is -6.83. The first kappa shape index (κ1) is 29.0. The molecule has 0 aliphatic carbocycles. The number of benzene rings is 7. The predicted octanol–water partition coefficient (Wildman–Crippen LogP) is 11.4. The number of imidazole rings is 1. The Labute approximate surface area is 301 Å². The number of pyridine rings is 1. The van der Waals surface area contributed by atoms with Gasteiger partial charge in [-0.3, -0.25) is 4.40 Å². The normalized spacial score (nSPS) is 11.8. The van der Waals surface area contributed by atoms with Gasteiger partial charge in [0.15, 0.2) is 22.4 Å². The van der Waals surface area contributed by atoms with E-state index in [1.54, 1.807) is 11.3 Å². The first-order valence-electron chi connectivity index (χ1n) is 17.2. The van der Waals surface area contributed by atoms with Crippen LogP contribution in [0.1, 0.15) is 0 Å². The molecule has 0 atom stereocenters. The van der Waals surface area contributed by atoms with E-state index in [1.165, 1.54) is 4.70 Å². The summed E-state index contributed by atoms with van der Waals surface area (Å²) in [7, 11) is 0. The van der Waals surface area contributed by atoms with Gasteiger partial charge in [-0.2, -0.15) is 0 Å². The highest BCUT2D eigenvalue weighted by atomic mass is 32.1. The predicted molar refractivity (Wildman–Crippen MR) is 214 cm³/mol. The first-order chi connectivity index (χ1) is 25.8. The maximum absolute atomic E-state index is 5.25. The Balaban J connectivity index is 1.12. The zero-order valence-corrected chi connectivity index (χ0v) is 28.4. The van der Waals surface area contributed by atoms with Gasteiger partial charge in [-0.25, -0.2) is 24.9 Å². The molecule has 11 rings (SSSR count). The van der Waals surface area contributed by atoms with Crippen molar-refractivity contribution in [3.8, 4) is 45.4 Å². The summed E-state index contributed by atoms with van der Waals surface area (Å²) < 4.78 is 3.46. The van der Waals surface area contributed by atoms with E-state index in [4.69, 9.17) is 24.9 Å². The van der Waals surface area contributed by atoms with E-state index >= 15 is 0 Å². The van der Waals surface area contributed by atoms with Crippen molar-refractivity contribution in [2.45, 2.75) is 0 Å². The molecule has 0 bridgehead atoms. The lowest BCUT2D eigenvalue weighted by Crippen LogP contribution is -2.01. The minimum Gasteiger partial charge on any atom is -0.281 e. The van der Waals surface area contributed by atoms with Crippen molar-refractivity contribution in [2.24, 2.45) is 0 Å². The Morgan fingerprint density at radius 1 is 0.423 bits per heavy atom. The minimum absolute atomic E-state index is 0.611. The zero-order chi connectivity index (χ0) is 34.2. The maximum Gasteiger partial charge on any atom is 0.195 e. The molecule has 7 aromatic carbocycles.